The van der Waals surface area contributed by atoms with Crippen LogP contribution in [-0.2, 0) is 21.6 Å². The SMILES string of the molecule is COC(=O)N1c2ccc3c(nc(C(C)(O)c4ccccc4)n3[C@@H]3CCC[C@@H](C(=O)O)C3)c2CC[C@@H]1C. The number of benzene rings is 2. The molecule has 0 spiro atoms. The summed E-state index contributed by atoms with van der Waals surface area (Å²) in [5.74, 6) is -0.707. The Morgan fingerprint density at radius 3 is 2.56 bits per heavy atom. The van der Waals surface area contributed by atoms with Crippen LogP contribution in [-0.4, -0.2) is 45.0 Å². The lowest BCUT2D eigenvalue weighted by Crippen LogP contribution is -2.42. The molecule has 5 rings (SSSR count). The van der Waals surface area contributed by atoms with Gasteiger partial charge >= 0.3 is 12.1 Å². The molecule has 3 aromatic rings. The molecule has 8 nitrogen and oxygen atoms in total. The Morgan fingerprint density at radius 1 is 1.11 bits per heavy atom. The highest BCUT2D eigenvalue weighted by Gasteiger charge is 2.39. The molecular weight excluding hydrogens is 458 g/mol. The first-order valence-electron chi connectivity index (χ1n) is 12.7. The van der Waals surface area contributed by atoms with Gasteiger partial charge in [0, 0.05) is 17.6 Å². The Morgan fingerprint density at radius 2 is 1.86 bits per heavy atom. The largest absolute Gasteiger partial charge is 0.481 e. The number of anilines is 1. The molecule has 1 amide bonds. The smallest absolute Gasteiger partial charge is 0.414 e. The summed E-state index contributed by atoms with van der Waals surface area (Å²) in [5.41, 5.74) is 2.65. The van der Waals surface area contributed by atoms with Gasteiger partial charge in [0.1, 0.15) is 11.4 Å². The molecule has 2 aromatic carbocycles. The van der Waals surface area contributed by atoms with E-state index < -0.39 is 23.6 Å². The summed E-state index contributed by atoms with van der Waals surface area (Å²) < 4.78 is 7.13. The fourth-order valence-corrected chi connectivity index (χ4v) is 6.00. The number of hydrogen-bond acceptors (Lipinski definition) is 5. The molecule has 1 unspecified atom stereocenters. The molecule has 4 atom stereocenters. The van der Waals surface area contributed by atoms with E-state index >= 15 is 0 Å². The first-order chi connectivity index (χ1) is 17.2. The topological polar surface area (TPSA) is 105 Å². The minimum absolute atomic E-state index is 0.00829. The van der Waals surface area contributed by atoms with Crippen LogP contribution < -0.4 is 4.90 Å². The summed E-state index contributed by atoms with van der Waals surface area (Å²) >= 11 is 0. The number of carboxylic acid groups (broad SMARTS) is 1. The van der Waals surface area contributed by atoms with E-state index in [4.69, 9.17) is 9.72 Å². The van der Waals surface area contributed by atoms with Gasteiger partial charge in [0.05, 0.1) is 29.7 Å². The summed E-state index contributed by atoms with van der Waals surface area (Å²) in [6, 6.07) is 13.2. The van der Waals surface area contributed by atoms with Crippen LogP contribution in [0.5, 0.6) is 0 Å². The van der Waals surface area contributed by atoms with Crippen LogP contribution in [0, 0.1) is 5.92 Å². The van der Waals surface area contributed by atoms with Gasteiger partial charge in [-0.2, -0.15) is 0 Å². The van der Waals surface area contributed by atoms with Gasteiger partial charge in [-0.1, -0.05) is 36.8 Å². The Kier molecular flexibility index (Phi) is 6.24. The number of aliphatic carboxylic acids is 1. The number of methoxy groups -OCH3 is 1. The van der Waals surface area contributed by atoms with Gasteiger partial charge < -0.3 is 19.5 Å². The van der Waals surface area contributed by atoms with Crippen LogP contribution in [0.1, 0.15) is 68.9 Å². The molecule has 8 heteroatoms. The molecule has 1 fully saturated rings. The lowest BCUT2D eigenvalue weighted by molar-refractivity contribution is -0.143. The molecule has 2 N–H and O–H groups in total. The van der Waals surface area contributed by atoms with E-state index in [2.05, 4.69) is 4.57 Å². The zero-order valence-corrected chi connectivity index (χ0v) is 21.0. The monoisotopic (exact) mass is 491 g/mol. The quantitative estimate of drug-likeness (QED) is 0.531. The Bertz CT molecular complexity index is 1300. The van der Waals surface area contributed by atoms with Crippen LogP contribution in [0.4, 0.5) is 10.5 Å². The van der Waals surface area contributed by atoms with Gasteiger partial charge in [0.15, 0.2) is 0 Å². The van der Waals surface area contributed by atoms with Crippen molar-refractivity contribution in [1.82, 2.24) is 9.55 Å². The maximum atomic E-state index is 12.6. The van der Waals surface area contributed by atoms with Crippen molar-refractivity contribution in [3.05, 3.63) is 59.4 Å². The number of amides is 1. The molecular formula is C28H33N3O5. The second kappa shape index (κ2) is 9.24. The summed E-state index contributed by atoms with van der Waals surface area (Å²) in [6.45, 7) is 3.75. The predicted molar refractivity (Wildman–Crippen MR) is 136 cm³/mol. The van der Waals surface area contributed by atoms with Gasteiger partial charge in [0.25, 0.3) is 0 Å². The highest BCUT2D eigenvalue weighted by molar-refractivity contribution is 5.95. The first kappa shape index (κ1) is 24.3. The van der Waals surface area contributed by atoms with E-state index in [1.165, 1.54) is 7.11 Å². The third-order valence-electron chi connectivity index (χ3n) is 7.96. The lowest BCUT2D eigenvalue weighted by Gasteiger charge is -2.34. The molecule has 0 saturated heterocycles. The number of fused-ring (bicyclic) bond motifs is 3. The molecule has 36 heavy (non-hydrogen) atoms. The third kappa shape index (κ3) is 3.93. The Balaban J connectivity index is 1.73. The summed E-state index contributed by atoms with van der Waals surface area (Å²) in [7, 11) is 1.38. The number of aryl methyl sites for hydroxylation is 1. The number of aliphatic hydroxyl groups is 1. The van der Waals surface area contributed by atoms with Gasteiger partial charge in [-0.25, -0.2) is 9.78 Å². The van der Waals surface area contributed by atoms with E-state index in [0.29, 0.717) is 24.2 Å². The second-order valence-electron chi connectivity index (χ2n) is 10.3. The maximum absolute atomic E-state index is 12.6. The van der Waals surface area contributed by atoms with Crippen LogP contribution >= 0.6 is 0 Å². The normalized spacial score (nSPS) is 23.7. The number of imidazole rings is 1. The number of aromatic nitrogens is 2. The number of hydrogen-bond donors (Lipinski definition) is 2. The van der Waals surface area contributed by atoms with E-state index in [9.17, 15) is 19.8 Å². The number of nitrogens with zero attached hydrogens (tertiary/aromatic N) is 3. The number of rotatable bonds is 4. The first-order valence-corrected chi connectivity index (χ1v) is 12.7. The highest BCUT2D eigenvalue weighted by atomic mass is 16.5. The van der Waals surface area contributed by atoms with Crippen molar-refractivity contribution < 1.29 is 24.5 Å². The molecule has 190 valence electrons. The third-order valence-corrected chi connectivity index (χ3v) is 7.96. The van der Waals surface area contributed by atoms with Crippen molar-refractivity contribution in [3.63, 3.8) is 0 Å². The molecule has 1 aromatic heterocycles. The standard InChI is InChI=1S/C28H33N3O5/c1-17-12-13-21-22(30(17)27(34)36-3)14-15-23-24(21)29-26(28(2,35)19-9-5-4-6-10-19)31(23)20-11-7-8-18(16-20)25(32)33/h4-6,9-10,14-15,17-18,20,35H,7-8,11-13,16H2,1-3H3,(H,32,33)/t17-,18+,20+,28?/m0/s1. The molecule has 1 saturated carbocycles. The summed E-state index contributed by atoms with van der Waals surface area (Å²) in [6.07, 6.45) is 3.86. The average Bonchev–Trinajstić information content (AvgIpc) is 3.29. The zero-order valence-electron chi connectivity index (χ0n) is 21.0. The van der Waals surface area contributed by atoms with Crippen molar-refractivity contribution >= 4 is 28.8 Å². The van der Waals surface area contributed by atoms with Crippen LogP contribution in [0.25, 0.3) is 11.0 Å². The maximum Gasteiger partial charge on any atom is 0.414 e. The van der Waals surface area contributed by atoms with Crippen molar-refractivity contribution in [2.45, 2.75) is 70.1 Å². The van der Waals surface area contributed by atoms with Crippen molar-refractivity contribution in [3.8, 4) is 0 Å². The Hall–Kier alpha value is -3.39. The van der Waals surface area contributed by atoms with Crippen molar-refractivity contribution in [1.29, 1.82) is 0 Å². The van der Waals surface area contributed by atoms with Gasteiger partial charge in [0.2, 0.25) is 0 Å². The minimum Gasteiger partial charge on any atom is -0.481 e. The van der Waals surface area contributed by atoms with Crippen molar-refractivity contribution in [2.75, 3.05) is 12.0 Å². The number of carboxylic acids is 1. The predicted octanol–water partition coefficient (Wildman–Crippen LogP) is 5.02. The second-order valence-corrected chi connectivity index (χ2v) is 10.3. The van der Waals surface area contributed by atoms with Gasteiger partial charge in [-0.05, 0) is 63.6 Å². The molecule has 1 aliphatic heterocycles. The van der Waals surface area contributed by atoms with Crippen LogP contribution in [0.2, 0.25) is 0 Å². The zero-order chi connectivity index (χ0) is 25.6. The average molecular weight is 492 g/mol. The summed E-state index contributed by atoms with van der Waals surface area (Å²) in [4.78, 5) is 31.2. The minimum atomic E-state index is -1.40. The molecule has 0 radical (unpaired) electrons. The Labute approximate surface area is 210 Å². The van der Waals surface area contributed by atoms with Crippen LogP contribution in [0.15, 0.2) is 42.5 Å². The van der Waals surface area contributed by atoms with Gasteiger partial charge in [-0.15, -0.1) is 0 Å². The van der Waals surface area contributed by atoms with E-state index in [0.717, 1.165) is 48.0 Å². The van der Waals surface area contributed by atoms with Crippen LogP contribution in [0.3, 0.4) is 0 Å². The molecule has 0 bridgehead atoms. The fourth-order valence-electron chi connectivity index (χ4n) is 6.00. The lowest BCUT2D eigenvalue weighted by atomic mass is 9.85. The number of ether oxygens (including phenoxy) is 1. The van der Waals surface area contributed by atoms with E-state index in [-0.39, 0.29) is 12.1 Å². The number of carbonyl (C=O) groups excluding carboxylic acids is 1. The molecule has 1 aliphatic carbocycles. The highest BCUT2D eigenvalue weighted by Crippen LogP contribution is 2.43. The fraction of sp³-hybridized carbons (Fsp3) is 0.464. The number of carbonyl (C=O) groups is 2. The van der Waals surface area contributed by atoms with E-state index in [1.807, 2.05) is 49.4 Å². The van der Waals surface area contributed by atoms with Gasteiger partial charge in [-0.3, -0.25) is 9.69 Å². The van der Waals surface area contributed by atoms with Crippen molar-refractivity contribution in [2.24, 2.45) is 5.92 Å². The molecule has 2 aliphatic rings. The molecule has 2 heterocycles. The summed E-state index contributed by atoms with van der Waals surface area (Å²) in [5, 5.41) is 21.6. The van der Waals surface area contributed by atoms with E-state index in [1.54, 1.807) is 11.8 Å².